The Morgan fingerprint density at radius 1 is 0.467 bits per heavy atom. The minimum Gasteiger partial charge on any atom is -0.453 e. The lowest BCUT2D eigenvalue weighted by Crippen LogP contribution is -2.41. The smallest absolute Gasteiger partial charge is 0.414 e. The van der Waals surface area contributed by atoms with Gasteiger partial charge in [0.25, 0.3) is 35.4 Å². The van der Waals surface area contributed by atoms with Gasteiger partial charge in [0.1, 0.15) is 39.1 Å². The van der Waals surface area contributed by atoms with E-state index in [4.69, 9.17) is 110 Å². The van der Waals surface area contributed by atoms with Crippen LogP contribution in [0.4, 0.5) is 65.6 Å². The number of aryl methyl sites for hydroxylation is 1. The lowest BCUT2D eigenvalue weighted by molar-refractivity contribution is -0.126. The van der Waals surface area contributed by atoms with Crippen LogP contribution in [0.2, 0.25) is 8.67 Å². The van der Waals surface area contributed by atoms with Crippen molar-refractivity contribution >= 4 is 180 Å². The molecule has 38 heteroatoms. The molecule has 10 aliphatic rings. The third-order valence-electron chi connectivity index (χ3n) is 18.7. The molecule has 0 radical (unpaired) electrons. The van der Waals surface area contributed by atoms with E-state index in [9.17, 15) is 47.9 Å². The van der Waals surface area contributed by atoms with Crippen molar-refractivity contribution in [2.24, 2.45) is 5.73 Å². The van der Waals surface area contributed by atoms with Gasteiger partial charge in [0.2, 0.25) is 0 Å². The van der Waals surface area contributed by atoms with Crippen LogP contribution in [0, 0.1) is 0 Å². The van der Waals surface area contributed by atoms with Gasteiger partial charge in [-0.25, -0.2) is 14.4 Å². The van der Waals surface area contributed by atoms with Crippen molar-refractivity contribution in [1.82, 2.24) is 0 Å². The zero-order valence-corrected chi connectivity index (χ0v) is 70.6. The molecule has 32 nitrogen and oxygen atoms in total. The van der Waals surface area contributed by atoms with E-state index in [1.165, 1.54) is 47.4 Å². The summed E-state index contributed by atoms with van der Waals surface area (Å²) in [6.45, 7) is 10.5. The molecule has 0 spiro atoms. The molecule has 9 amide bonds. The number of benzene rings is 5. The number of halogens is 4. The van der Waals surface area contributed by atoms with Crippen LogP contribution in [0.15, 0.2) is 146 Å². The molecule has 120 heavy (non-hydrogen) atoms. The molecule has 0 aliphatic carbocycles. The second-order valence-electron chi connectivity index (χ2n) is 27.3. The largest absolute Gasteiger partial charge is 0.453 e. The highest BCUT2D eigenvalue weighted by Crippen LogP contribution is 2.31. The van der Waals surface area contributed by atoms with Crippen molar-refractivity contribution in [3.63, 3.8) is 0 Å². The monoisotopic (exact) mass is 1770 g/mol. The van der Waals surface area contributed by atoms with Crippen molar-refractivity contribution in [3.05, 3.63) is 170 Å². The first kappa shape index (κ1) is 92.7. The third kappa shape index (κ3) is 30.2. The molecule has 17 rings (SSSR count). The van der Waals surface area contributed by atoms with Gasteiger partial charge in [0.05, 0.1) is 141 Å². The first-order valence-corrected chi connectivity index (χ1v) is 41.8. The molecule has 0 saturated carbocycles. The number of methoxy groups -OCH3 is 2. The maximum Gasteiger partial charge on any atom is 0.414 e. The zero-order chi connectivity index (χ0) is 85.5. The van der Waals surface area contributed by atoms with E-state index in [1.807, 2.05) is 48.5 Å². The van der Waals surface area contributed by atoms with Crippen molar-refractivity contribution in [2.75, 3.05) is 210 Å². The Morgan fingerprint density at radius 3 is 1.18 bits per heavy atom. The summed E-state index contributed by atoms with van der Waals surface area (Å²) in [7, 11) is 2.65. The Labute approximate surface area is 721 Å². The number of amides is 9. The van der Waals surface area contributed by atoms with E-state index >= 15 is 0 Å². The normalized spacial score (nSPS) is 19.9. The maximum absolute atomic E-state index is 12.3. The maximum atomic E-state index is 12.3. The number of ether oxygens (including phenoxy) is 12. The molecular weight excluding hydrogens is 1680 g/mol. The number of nitrogens with one attached hydrogen (secondary N) is 1. The van der Waals surface area contributed by atoms with E-state index in [0.29, 0.717) is 170 Å². The second kappa shape index (κ2) is 47.6. The number of carbonyl (C=O) groups is 10. The molecule has 5 atom stereocenters. The van der Waals surface area contributed by atoms with Crippen LogP contribution < -0.4 is 51.1 Å². The number of rotatable bonds is 20. The molecule has 12 heterocycles. The third-order valence-corrected chi connectivity index (χ3v) is 21.9. The minimum absolute atomic E-state index is 0.000946. The summed E-state index contributed by atoms with van der Waals surface area (Å²) in [5.41, 5.74) is 18.7. The summed E-state index contributed by atoms with van der Waals surface area (Å²) in [6, 6.07) is 43.6. The van der Waals surface area contributed by atoms with Crippen LogP contribution in [-0.4, -0.2) is 254 Å². The number of thiophene rings is 2. The van der Waals surface area contributed by atoms with Gasteiger partial charge in [0, 0.05) is 90.3 Å². The first-order valence-electron chi connectivity index (χ1n) is 38.3. The highest BCUT2D eigenvalue weighted by Gasteiger charge is 2.35. The lowest BCUT2D eigenvalue weighted by Gasteiger charge is -2.27. The molecule has 10 aliphatic heterocycles. The number of hydrogen-bond acceptors (Lipinski definition) is 25. The number of morpholine rings is 5. The number of Topliss-reactive ketones (excluding diaryl/α,β-unsaturated/α-hetero) is 1. The number of nitrogen functional groups attached to an aromatic ring is 1. The van der Waals surface area contributed by atoms with Gasteiger partial charge in [-0.05, 0) is 158 Å². The molecule has 5 aromatic carbocycles. The van der Waals surface area contributed by atoms with Gasteiger partial charge < -0.3 is 92.8 Å². The quantitative estimate of drug-likeness (QED) is 0.0210. The zero-order valence-electron chi connectivity index (χ0n) is 65.9. The van der Waals surface area contributed by atoms with Crippen LogP contribution >= 0.6 is 69.1 Å². The van der Waals surface area contributed by atoms with Crippen LogP contribution in [0.25, 0.3) is 0 Å². The van der Waals surface area contributed by atoms with E-state index < -0.39 is 24.2 Å². The Morgan fingerprint density at radius 2 is 0.842 bits per heavy atom. The summed E-state index contributed by atoms with van der Waals surface area (Å²) in [6.07, 6.45) is 2.50. The summed E-state index contributed by atoms with van der Waals surface area (Å²) in [4.78, 5) is 129. The van der Waals surface area contributed by atoms with Gasteiger partial charge in [-0.2, -0.15) is 0 Å². The van der Waals surface area contributed by atoms with Crippen LogP contribution in [0.5, 0.6) is 0 Å². The summed E-state index contributed by atoms with van der Waals surface area (Å²) in [5, 5.41) is 2.54. The molecule has 5 N–H and O–H groups in total. The van der Waals surface area contributed by atoms with E-state index in [-0.39, 0.29) is 80.6 Å². The van der Waals surface area contributed by atoms with Crippen molar-refractivity contribution in [2.45, 2.75) is 56.2 Å². The van der Waals surface area contributed by atoms with Crippen LogP contribution in [0.3, 0.4) is 0 Å². The van der Waals surface area contributed by atoms with Gasteiger partial charge in [-0.15, -0.1) is 45.9 Å². The summed E-state index contributed by atoms with van der Waals surface area (Å²) >= 11 is 24.4. The summed E-state index contributed by atoms with van der Waals surface area (Å²) in [5.74, 6) is 0.746. The van der Waals surface area contributed by atoms with Crippen LogP contribution in [-0.2, 0) is 87.2 Å². The fourth-order valence-corrected chi connectivity index (χ4v) is 14.1. The number of primary amides is 1. The number of epoxide rings is 4. The molecule has 10 fully saturated rings. The molecule has 0 bridgehead atoms. The van der Waals surface area contributed by atoms with Crippen molar-refractivity contribution < 1.29 is 105 Å². The number of anilines is 9. The number of nitrogens with two attached hydrogens (primary N) is 2. The average Bonchev–Trinajstić information content (AvgIpc) is 1.57. The molecule has 2 aromatic heterocycles. The predicted molar refractivity (Wildman–Crippen MR) is 455 cm³/mol. The Bertz CT molecular complexity index is 4510. The molecule has 0 unspecified atom stereocenters. The number of nitrogens with zero attached hydrogens (tertiary/aromatic N) is 7. The highest BCUT2D eigenvalue weighted by atomic mass is 35.5. The van der Waals surface area contributed by atoms with Gasteiger partial charge in [-0.1, -0.05) is 35.3 Å². The average molecular weight is 1780 g/mol. The van der Waals surface area contributed by atoms with E-state index in [2.05, 4.69) is 22.2 Å². The number of ketones is 1. The molecular formula is C82H94Cl4N10O22S2. The van der Waals surface area contributed by atoms with E-state index in [1.54, 1.807) is 114 Å². The molecule has 10 saturated heterocycles. The number of carbonyl (C=O) groups excluding carboxylic acids is 10. The SMILES string of the molecule is COC(=O)N(C[C@@H]1CO1)c1ccc(N2CCOCC2=O)cc1.COC(=O)Nc1ccc(N2CCOCC2=O)cc1.ClC[C@@H]1CO1.ClC[C@@H]1CO1.NC(=O)c1ccc(Cl)s1.Nc1ccc(N2CCOCC2=O)cc1.O=C(CC[C@H]1CN(c2ccc(N3CCOCC3=O)cc2)C(=O)O1)c1ccc(Cl)s1.O=C1COCCN1c1ccc(CC[C@@H]2CO2)cc1. The predicted octanol–water partition coefficient (Wildman–Crippen LogP) is 10.8. The lowest BCUT2D eigenvalue weighted by atomic mass is 10.1. The first-order chi connectivity index (χ1) is 58.1. The minimum atomic E-state index is -0.523. The Balaban J connectivity index is 0.000000151. The molecule has 7 aromatic rings. The highest BCUT2D eigenvalue weighted by molar-refractivity contribution is 7.18. The molecule has 644 valence electrons. The number of hydrogen-bond donors (Lipinski definition) is 3. The standard InChI is InChI=1S/C20H19ClN2O5S.C15H18N2O5.C14H17NO3.C12H14N2O4.C10H12N2O2.C5H4ClNOS.2C3H5ClO/c21-18-8-7-17(29-18)16(24)6-5-15-11-23(20(26)28-15)14-3-1-13(2-4-14)22-9-10-27-12-19(22)25;1-20-15(19)17(8-13-9-22-13)12-4-2-11(3-5-12)16-6-7-21-10-14(16)18;16-14-10-17-8-7-15(14)12-4-1-11(2-5-12)3-6-13-9-18-13;1-17-12(16)13-9-2-4-10(5-3-9)14-6-7-18-8-11(14)15;11-8-1-3-9(4-2-8)12-5-6-14-7-10(12)13;6-4-2-1-3(9-4)5(7)8;2*4-1-3-2-5-3/h1-4,7-8,15H,5-6,9-12H2;2-5,13H,6-10H2,1H3;1-2,4-5,13H,3,6-10H2;2-5H,6-8H2,1H3,(H,13,16);1-4H,5-7,11H2;1-2H,(H2,7,8);2*3H,1-2H2/t15-;2*13-;;;;2*3-/m011...11/s1. The van der Waals surface area contributed by atoms with Crippen molar-refractivity contribution in [1.29, 1.82) is 0 Å². The number of cyclic esters (lactones) is 1. The van der Waals surface area contributed by atoms with Gasteiger partial charge in [0.15, 0.2) is 5.78 Å². The summed E-state index contributed by atoms with van der Waals surface area (Å²) < 4.78 is 61.2. The Hall–Kier alpha value is -9.60. The van der Waals surface area contributed by atoms with Crippen LogP contribution in [0.1, 0.15) is 44.2 Å². The fourth-order valence-electron chi connectivity index (χ4n) is 11.8. The Kier molecular flexibility index (Phi) is 36.7. The topological polar surface area (TPSA) is 381 Å². The second-order valence-corrected chi connectivity index (χ2v) is 31.4. The van der Waals surface area contributed by atoms with Gasteiger partial charge in [-0.3, -0.25) is 48.7 Å². The van der Waals surface area contributed by atoms with Gasteiger partial charge >= 0.3 is 18.3 Å². The van der Waals surface area contributed by atoms with Crippen molar-refractivity contribution in [3.8, 4) is 0 Å². The fraction of sp³-hybridized carbons (Fsp3) is 0.415. The number of alkyl halides is 2. The van der Waals surface area contributed by atoms with E-state index in [0.717, 1.165) is 61.1 Å².